The van der Waals surface area contributed by atoms with Crippen molar-refractivity contribution >= 4 is 28.9 Å². The average molecular weight is 501 g/mol. The van der Waals surface area contributed by atoms with Gasteiger partial charge in [-0.2, -0.15) is 0 Å². The van der Waals surface area contributed by atoms with E-state index in [0.717, 1.165) is 41.8 Å². The maximum absolute atomic E-state index is 12.3. The second-order valence-electron chi connectivity index (χ2n) is 10.3. The van der Waals surface area contributed by atoms with Gasteiger partial charge in [-0.3, -0.25) is 0 Å². The highest BCUT2D eigenvalue weighted by Crippen LogP contribution is 2.44. The maximum atomic E-state index is 12.3. The Kier molecular flexibility index (Phi) is 6.39. The summed E-state index contributed by atoms with van der Waals surface area (Å²) in [5.74, 6) is 0. The highest BCUT2D eigenvalue weighted by atomic mass is 35.5. The van der Waals surface area contributed by atoms with Crippen LogP contribution in [0.5, 0.6) is 0 Å². The van der Waals surface area contributed by atoms with Crippen molar-refractivity contribution in [1.29, 1.82) is 0 Å². The molecule has 0 unspecified atom stereocenters. The topological polar surface area (TPSA) is 77.0 Å². The zero-order chi connectivity index (χ0) is 25.3. The van der Waals surface area contributed by atoms with Crippen molar-refractivity contribution in [3.8, 4) is 22.5 Å². The van der Waals surface area contributed by atoms with Gasteiger partial charge in [-0.15, -0.1) is 0 Å². The van der Waals surface area contributed by atoms with Crippen LogP contribution in [-0.4, -0.2) is 33.2 Å². The molecule has 0 radical (unpaired) electrons. The molecule has 0 aliphatic heterocycles. The molecule has 5 rings (SSSR count). The number of aromatic nitrogens is 3. The molecule has 1 fully saturated rings. The lowest BCUT2D eigenvalue weighted by Crippen LogP contribution is -2.46. The predicted octanol–water partition coefficient (Wildman–Crippen LogP) is 6.96. The van der Waals surface area contributed by atoms with Crippen LogP contribution in [0, 0.1) is 0 Å². The Morgan fingerprint density at radius 1 is 0.917 bits per heavy atom. The number of alkyl carbamates (subject to hydrolysis) is 1. The molecule has 1 amide bonds. The summed E-state index contributed by atoms with van der Waals surface area (Å²) in [6.07, 6.45) is 2.81. The van der Waals surface area contributed by atoms with Crippen LogP contribution in [0.1, 0.15) is 45.6 Å². The Hall–Kier alpha value is -3.51. The van der Waals surface area contributed by atoms with Crippen LogP contribution in [0.15, 0.2) is 66.7 Å². The summed E-state index contributed by atoms with van der Waals surface area (Å²) in [6.45, 7) is 6.16. The van der Waals surface area contributed by atoms with E-state index in [4.69, 9.17) is 26.3 Å². The lowest BCUT2D eigenvalue weighted by Gasteiger charge is -2.42. The maximum Gasteiger partial charge on any atom is 0.407 e. The quantitative estimate of drug-likeness (QED) is 0.300. The normalized spacial score (nSPS) is 14.8. The molecule has 0 atom stereocenters. The van der Waals surface area contributed by atoms with Gasteiger partial charge in [0.25, 0.3) is 0 Å². The smallest absolute Gasteiger partial charge is 0.407 e. The van der Waals surface area contributed by atoms with Crippen LogP contribution < -0.4 is 5.32 Å². The first-order valence-corrected chi connectivity index (χ1v) is 12.6. The number of carbonyl (C=O) groups excluding carboxylic acids is 1. The molecular weight excluding hydrogens is 472 g/mol. The Bertz CT molecular complexity index is 1390. The van der Waals surface area contributed by atoms with Gasteiger partial charge in [-0.1, -0.05) is 72.6 Å². The van der Waals surface area contributed by atoms with Crippen LogP contribution in [0.25, 0.3) is 33.7 Å². The van der Waals surface area contributed by atoms with Gasteiger partial charge in [0.05, 0.1) is 11.4 Å². The summed E-state index contributed by atoms with van der Waals surface area (Å²) in [4.78, 5) is 26.4. The van der Waals surface area contributed by atoms with Crippen LogP contribution in [-0.2, 0) is 10.2 Å². The standard InChI is InChI=1S/C29H29ClN4O2/c1-28(2,3)36-27(35)31-18-29(16-7-17-29)21-12-10-20(11-13-21)25-24(19-8-5-4-6-9-19)32-22-14-15-23(30)33-26(22)34-25/h4-6,8-15H,7,16-18H2,1-3H3,(H,31,35). The highest BCUT2D eigenvalue weighted by molar-refractivity contribution is 6.29. The van der Waals surface area contributed by atoms with Crippen molar-refractivity contribution in [2.24, 2.45) is 0 Å². The molecule has 4 aromatic rings. The average Bonchev–Trinajstić information content (AvgIpc) is 2.82. The molecule has 2 aromatic heterocycles. The van der Waals surface area contributed by atoms with E-state index in [2.05, 4.69) is 34.6 Å². The molecule has 0 saturated heterocycles. The van der Waals surface area contributed by atoms with Crippen molar-refractivity contribution in [3.05, 3.63) is 77.4 Å². The number of fused-ring (bicyclic) bond motifs is 1. The monoisotopic (exact) mass is 500 g/mol. The first kappa shape index (κ1) is 24.2. The summed E-state index contributed by atoms with van der Waals surface area (Å²) in [6, 6.07) is 22.0. The molecule has 2 heterocycles. The molecule has 36 heavy (non-hydrogen) atoms. The summed E-state index contributed by atoms with van der Waals surface area (Å²) >= 11 is 6.14. The number of rotatable bonds is 5. The van der Waals surface area contributed by atoms with Crippen LogP contribution in [0.3, 0.4) is 0 Å². The third-order valence-corrected chi connectivity index (χ3v) is 6.80. The molecule has 1 aliphatic rings. The minimum absolute atomic E-state index is 0.0815. The largest absolute Gasteiger partial charge is 0.444 e. The Labute approximate surface area is 216 Å². The number of nitrogens with one attached hydrogen (secondary N) is 1. The number of halogens is 1. The molecule has 1 saturated carbocycles. The van der Waals surface area contributed by atoms with Crippen LogP contribution >= 0.6 is 11.6 Å². The Morgan fingerprint density at radius 3 is 2.22 bits per heavy atom. The number of hydrogen-bond acceptors (Lipinski definition) is 5. The van der Waals surface area contributed by atoms with E-state index < -0.39 is 5.60 Å². The minimum atomic E-state index is -0.519. The van der Waals surface area contributed by atoms with Crippen molar-refractivity contribution in [1.82, 2.24) is 20.3 Å². The van der Waals surface area contributed by atoms with Gasteiger partial charge < -0.3 is 10.1 Å². The van der Waals surface area contributed by atoms with E-state index >= 15 is 0 Å². The van der Waals surface area contributed by atoms with Gasteiger partial charge in [0.1, 0.15) is 16.3 Å². The fraction of sp³-hybridized carbons (Fsp3) is 0.310. The van der Waals surface area contributed by atoms with Crippen LogP contribution in [0.4, 0.5) is 4.79 Å². The minimum Gasteiger partial charge on any atom is -0.444 e. The van der Waals surface area contributed by atoms with Crippen molar-refractivity contribution < 1.29 is 9.53 Å². The molecule has 184 valence electrons. The Balaban J connectivity index is 1.47. The Morgan fingerprint density at radius 2 is 1.58 bits per heavy atom. The second kappa shape index (κ2) is 9.51. The number of pyridine rings is 1. The van der Waals surface area contributed by atoms with E-state index in [1.807, 2.05) is 57.2 Å². The number of nitrogens with zero attached hydrogens (tertiary/aromatic N) is 3. The van der Waals surface area contributed by atoms with E-state index in [-0.39, 0.29) is 11.5 Å². The molecule has 6 nitrogen and oxygen atoms in total. The van der Waals surface area contributed by atoms with E-state index in [1.165, 1.54) is 5.56 Å². The fourth-order valence-corrected chi connectivity index (χ4v) is 4.77. The van der Waals surface area contributed by atoms with Crippen LogP contribution in [0.2, 0.25) is 5.15 Å². The summed E-state index contributed by atoms with van der Waals surface area (Å²) in [5, 5.41) is 3.36. The number of ether oxygens (including phenoxy) is 1. The molecule has 1 N–H and O–H groups in total. The number of carbonyl (C=O) groups is 1. The summed E-state index contributed by atoms with van der Waals surface area (Å²) in [7, 11) is 0. The molecule has 1 aliphatic carbocycles. The third kappa shape index (κ3) is 5.05. The van der Waals surface area contributed by atoms with Gasteiger partial charge >= 0.3 is 6.09 Å². The lowest BCUT2D eigenvalue weighted by molar-refractivity contribution is 0.0499. The summed E-state index contributed by atoms with van der Waals surface area (Å²) < 4.78 is 5.43. The van der Waals surface area contributed by atoms with Gasteiger partial charge in [-0.25, -0.2) is 19.7 Å². The highest BCUT2D eigenvalue weighted by Gasteiger charge is 2.39. The molecule has 0 spiro atoms. The zero-order valence-corrected chi connectivity index (χ0v) is 21.5. The molecular formula is C29H29ClN4O2. The fourth-order valence-electron chi connectivity index (χ4n) is 4.63. The zero-order valence-electron chi connectivity index (χ0n) is 20.7. The molecule has 7 heteroatoms. The summed E-state index contributed by atoms with van der Waals surface area (Å²) in [5.41, 5.74) is 5.29. The van der Waals surface area contributed by atoms with Gasteiger partial charge in [0.15, 0.2) is 5.65 Å². The number of hydrogen-bond donors (Lipinski definition) is 1. The SMILES string of the molecule is CC(C)(C)OC(=O)NCC1(c2ccc(-c3nc4nc(Cl)ccc4nc3-c3ccccc3)cc2)CCC1. The molecule has 2 aromatic carbocycles. The van der Waals surface area contributed by atoms with Gasteiger partial charge in [0.2, 0.25) is 0 Å². The predicted molar refractivity (Wildman–Crippen MR) is 143 cm³/mol. The van der Waals surface area contributed by atoms with E-state index in [9.17, 15) is 4.79 Å². The van der Waals surface area contributed by atoms with Gasteiger partial charge in [0, 0.05) is 23.1 Å². The number of amides is 1. The second-order valence-corrected chi connectivity index (χ2v) is 10.7. The van der Waals surface area contributed by atoms with E-state index in [0.29, 0.717) is 22.9 Å². The van der Waals surface area contributed by atoms with Crippen molar-refractivity contribution in [2.45, 2.75) is 51.0 Å². The van der Waals surface area contributed by atoms with Crippen molar-refractivity contribution in [3.63, 3.8) is 0 Å². The van der Waals surface area contributed by atoms with E-state index in [1.54, 1.807) is 6.07 Å². The lowest BCUT2D eigenvalue weighted by atomic mass is 9.64. The van der Waals surface area contributed by atoms with Crippen molar-refractivity contribution in [2.75, 3.05) is 6.54 Å². The molecule has 0 bridgehead atoms. The third-order valence-electron chi connectivity index (χ3n) is 6.59. The first-order chi connectivity index (χ1) is 17.2. The number of benzene rings is 2. The first-order valence-electron chi connectivity index (χ1n) is 12.2. The van der Waals surface area contributed by atoms with Gasteiger partial charge in [-0.05, 0) is 51.3 Å².